The molecule has 0 N–H and O–H groups in total. The average molecular weight is 297 g/mol. The van der Waals surface area contributed by atoms with Crippen molar-refractivity contribution in [3.63, 3.8) is 0 Å². The van der Waals surface area contributed by atoms with Gasteiger partial charge in [0.05, 0.1) is 17.5 Å². The Morgan fingerprint density at radius 1 is 1.06 bits per heavy atom. The molecule has 0 amide bonds. The molecule has 0 aromatic heterocycles. The summed E-state index contributed by atoms with van der Waals surface area (Å²) in [6.07, 6.45) is 0. The summed E-state index contributed by atoms with van der Waals surface area (Å²) in [5, 5.41) is 0. The molecule has 1 aliphatic heterocycles. The van der Waals surface area contributed by atoms with Gasteiger partial charge in [-0.3, -0.25) is 4.79 Å². The molecule has 7 fully saturated rings. The smallest absolute Gasteiger partial charge is 0.187 e. The van der Waals surface area contributed by atoms with Gasteiger partial charge in [0.1, 0.15) is 5.78 Å². The third-order valence-electron chi connectivity index (χ3n) is 7.25. The molecule has 0 unspecified atom stereocenters. The van der Waals surface area contributed by atoms with Gasteiger partial charge in [-0.1, -0.05) is 15.9 Å². The lowest BCUT2D eigenvalue weighted by Crippen LogP contribution is -2.93. The second-order valence-corrected chi connectivity index (χ2v) is 8.09. The predicted octanol–water partition coefficient (Wildman–Crippen LogP) is 1.20. The molecule has 90 valence electrons. The van der Waals surface area contributed by atoms with Gasteiger partial charge in [-0.2, -0.15) is 0 Å². The SMILES string of the molecule is CC(=O)C12C3[C@@H]4[C@H]1C1[C@@H]2[C@@H]3C4(Br)C12OCCO2. The molecular formula is C13H13BrO3. The van der Waals surface area contributed by atoms with Gasteiger partial charge in [-0.05, 0) is 36.5 Å². The van der Waals surface area contributed by atoms with E-state index in [0.29, 0.717) is 41.3 Å². The van der Waals surface area contributed by atoms with Crippen LogP contribution in [0.25, 0.3) is 0 Å². The number of carbonyl (C=O) groups excluding carboxylic acids is 1. The van der Waals surface area contributed by atoms with Crippen LogP contribution in [0.15, 0.2) is 0 Å². The molecule has 4 heteroatoms. The summed E-state index contributed by atoms with van der Waals surface area (Å²) in [7, 11) is 0. The number of hydrogen-bond acceptors (Lipinski definition) is 3. The summed E-state index contributed by atoms with van der Waals surface area (Å²) in [5.74, 6) is 3.70. The number of hydrogen-bond donors (Lipinski definition) is 0. The van der Waals surface area contributed by atoms with Crippen molar-refractivity contribution >= 4 is 21.7 Å². The fourth-order valence-electron chi connectivity index (χ4n) is 7.32. The fraction of sp³-hybridized carbons (Fsp3) is 0.923. The van der Waals surface area contributed by atoms with Gasteiger partial charge in [-0.25, -0.2) is 0 Å². The van der Waals surface area contributed by atoms with Crippen molar-refractivity contribution < 1.29 is 14.3 Å². The summed E-state index contributed by atoms with van der Waals surface area (Å²) in [4.78, 5) is 12.0. The van der Waals surface area contributed by atoms with Gasteiger partial charge in [0.15, 0.2) is 5.79 Å². The summed E-state index contributed by atoms with van der Waals surface area (Å²) in [5.41, 5.74) is 0.0794. The Kier molecular flexibility index (Phi) is 1.05. The second-order valence-electron chi connectivity index (χ2n) is 6.78. The quantitative estimate of drug-likeness (QED) is 0.682. The van der Waals surface area contributed by atoms with Crippen LogP contribution in [0.4, 0.5) is 0 Å². The molecule has 1 spiro atoms. The zero-order chi connectivity index (χ0) is 11.4. The zero-order valence-corrected chi connectivity index (χ0v) is 11.1. The van der Waals surface area contributed by atoms with E-state index < -0.39 is 0 Å². The fourth-order valence-corrected chi connectivity index (χ4v) is 8.95. The topological polar surface area (TPSA) is 35.5 Å². The molecule has 1 saturated heterocycles. The lowest BCUT2D eigenvalue weighted by Gasteiger charge is -2.90. The Morgan fingerprint density at radius 2 is 1.59 bits per heavy atom. The van der Waals surface area contributed by atoms with Gasteiger partial charge in [-0.15, -0.1) is 0 Å². The van der Waals surface area contributed by atoms with Gasteiger partial charge >= 0.3 is 0 Å². The molecule has 1 heterocycles. The zero-order valence-electron chi connectivity index (χ0n) is 9.48. The van der Waals surface area contributed by atoms with Crippen LogP contribution in [0.2, 0.25) is 0 Å². The van der Waals surface area contributed by atoms with E-state index in [1.54, 1.807) is 6.92 Å². The largest absolute Gasteiger partial charge is 0.346 e. The first-order valence-electron chi connectivity index (χ1n) is 6.61. The number of ketones is 1. The van der Waals surface area contributed by atoms with E-state index in [2.05, 4.69) is 15.9 Å². The lowest BCUT2D eigenvalue weighted by atomic mass is 9.12. The highest BCUT2D eigenvalue weighted by atomic mass is 79.9. The van der Waals surface area contributed by atoms with Gasteiger partial charge in [0, 0.05) is 11.3 Å². The van der Waals surface area contributed by atoms with E-state index in [-0.39, 0.29) is 15.5 Å². The molecule has 6 aliphatic carbocycles. The molecule has 3 nitrogen and oxygen atoms in total. The number of carbonyl (C=O) groups is 1. The van der Waals surface area contributed by atoms with Gasteiger partial charge in [0.2, 0.25) is 0 Å². The highest BCUT2D eigenvalue weighted by Crippen LogP contribution is 3.04. The third kappa shape index (κ3) is 0.450. The molecule has 0 radical (unpaired) electrons. The third-order valence-corrected chi connectivity index (χ3v) is 8.86. The summed E-state index contributed by atoms with van der Waals surface area (Å²) in [6, 6.07) is 0. The minimum atomic E-state index is -0.358. The van der Waals surface area contributed by atoms with Crippen molar-refractivity contribution in [2.45, 2.75) is 17.0 Å². The van der Waals surface area contributed by atoms with Crippen LogP contribution in [-0.4, -0.2) is 29.1 Å². The normalized spacial score (nSPS) is 73.5. The maximum absolute atomic E-state index is 12.0. The second kappa shape index (κ2) is 1.97. The van der Waals surface area contributed by atoms with Gasteiger partial charge < -0.3 is 9.47 Å². The van der Waals surface area contributed by atoms with Crippen molar-refractivity contribution in [3.05, 3.63) is 0 Å². The monoisotopic (exact) mass is 296 g/mol. The summed E-state index contributed by atoms with van der Waals surface area (Å²) < 4.78 is 12.2. The van der Waals surface area contributed by atoms with Crippen molar-refractivity contribution in [3.8, 4) is 0 Å². The summed E-state index contributed by atoms with van der Waals surface area (Å²) >= 11 is 3.99. The first-order valence-corrected chi connectivity index (χ1v) is 7.40. The number of rotatable bonds is 1. The molecule has 0 aromatic rings. The molecule has 0 aromatic carbocycles. The van der Waals surface area contributed by atoms with Crippen molar-refractivity contribution in [2.24, 2.45) is 40.9 Å². The molecular weight excluding hydrogens is 284 g/mol. The number of Topliss-reactive ketones (excluding diaryl/α,β-unsaturated/α-hetero) is 1. The maximum atomic E-state index is 12.0. The van der Waals surface area contributed by atoms with Crippen molar-refractivity contribution in [2.75, 3.05) is 13.2 Å². The average Bonchev–Trinajstić information content (AvgIpc) is 2.78. The van der Waals surface area contributed by atoms with Crippen molar-refractivity contribution in [1.82, 2.24) is 0 Å². The van der Waals surface area contributed by atoms with E-state index >= 15 is 0 Å². The molecule has 2 bridgehead atoms. The molecule has 7 rings (SSSR count). The minimum Gasteiger partial charge on any atom is -0.346 e. The maximum Gasteiger partial charge on any atom is 0.187 e. The number of alkyl halides is 1. The first-order chi connectivity index (χ1) is 8.13. The highest BCUT2D eigenvalue weighted by molar-refractivity contribution is 9.10. The lowest BCUT2D eigenvalue weighted by molar-refractivity contribution is -0.414. The Labute approximate surface area is 107 Å². The van der Waals surface area contributed by atoms with E-state index in [9.17, 15) is 4.79 Å². The molecule has 7 aliphatic rings. The summed E-state index contributed by atoms with van der Waals surface area (Å²) in [6.45, 7) is 3.24. The molecule has 4 atom stereocenters. The Morgan fingerprint density at radius 3 is 2.12 bits per heavy atom. The van der Waals surface area contributed by atoms with Crippen molar-refractivity contribution in [1.29, 1.82) is 0 Å². The number of ether oxygens (including phenoxy) is 2. The van der Waals surface area contributed by atoms with Crippen LogP contribution >= 0.6 is 15.9 Å². The van der Waals surface area contributed by atoms with Crippen LogP contribution in [-0.2, 0) is 14.3 Å². The molecule has 17 heavy (non-hydrogen) atoms. The van der Waals surface area contributed by atoms with E-state index in [4.69, 9.17) is 9.47 Å². The Balaban J connectivity index is 1.59. The first kappa shape index (κ1) is 9.05. The van der Waals surface area contributed by atoms with Crippen LogP contribution in [0, 0.1) is 40.9 Å². The van der Waals surface area contributed by atoms with Gasteiger partial charge in [0.25, 0.3) is 0 Å². The van der Waals surface area contributed by atoms with Crippen LogP contribution in [0.1, 0.15) is 6.92 Å². The van der Waals surface area contributed by atoms with Crippen LogP contribution in [0.5, 0.6) is 0 Å². The van der Waals surface area contributed by atoms with E-state index in [1.165, 1.54) is 0 Å². The van der Waals surface area contributed by atoms with Crippen LogP contribution < -0.4 is 0 Å². The standard InChI is InChI=1S/C13H13BrO3/c1-4(15)11-5-8-6(11)10-7(11)9(5)12(8,14)13(10)16-2-3-17-13/h5-10H,2-3H2,1H3/t5?,6-,7-,8+,9+,10?,11?,12?/m0/s1. The molecule has 6 saturated carbocycles. The van der Waals surface area contributed by atoms with E-state index in [1.807, 2.05) is 0 Å². The highest BCUT2D eigenvalue weighted by Gasteiger charge is 3.09. The predicted molar refractivity (Wildman–Crippen MR) is 60.3 cm³/mol. The van der Waals surface area contributed by atoms with Crippen LogP contribution in [0.3, 0.4) is 0 Å². The minimum absolute atomic E-state index is 0.0678. The van der Waals surface area contributed by atoms with E-state index in [0.717, 1.165) is 13.2 Å². The number of halogens is 1. The Bertz CT molecular complexity index is 489. The Hall–Kier alpha value is 0.0700.